The minimum atomic E-state index is -0.126. The molecule has 25 heavy (non-hydrogen) atoms. The van der Waals surface area contributed by atoms with Gasteiger partial charge in [-0.25, -0.2) is 4.79 Å². The molecule has 1 aromatic heterocycles. The highest BCUT2D eigenvalue weighted by Crippen LogP contribution is 2.22. The van der Waals surface area contributed by atoms with E-state index >= 15 is 0 Å². The molecule has 0 spiro atoms. The SMILES string of the molecule is O=C(Nc1noc2ccccc12)N1CCN(Cc2ccccc2)CC1. The third-order valence-electron chi connectivity index (χ3n) is 4.51. The highest BCUT2D eigenvalue weighted by Gasteiger charge is 2.22. The van der Waals surface area contributed by atoms with Gasteiger partial charge in [0, 0.05) is 32.7 Å². The lowest BCUT2D eigenvalue weighted by atomic mass is 10.2. The van der Waals surface area contributed by atoms with Crippen LogP contribution >= 0.6 is 0 Å². The van der Waals surface area contributed by atoms with Gasteiger partial charge in [-0.2, -0.15) is 0 Å². The van der Waals surface area contributed by atoms with Crippen molar-refractivity contribution >= 4 is 22.8 Å². The standard InChI is InChI=1S/C19H20N4O2/c24-19(20-18-16-8-4-5-9-17(16)25-21-18)23-12-10-22(11-13-23)14-15-6-2-1-3-7-15/h1-9H,10-14H2,(H,20,21,24). The third-order valence-corrected chi connectivity index (χ3v) is 4.51. The molecule has 2 heterocycles. The Morgan fingerprint density at radius 2 is 1.72 bits per heavy atom. The summed E-state index contributed by atoms with van der Waals surface area (Å²) in [6.45, 7) is 4.05. The number of fused-ring (bicyclic) bond motifs is 1. The van der Waals surface area contributed by atoms with Crippen LogP contribution in [0.5, 0.6) is 0 Å². The number of amides is 2. The van der Waals surface area contributed by atoms with Crippen molar-refractivity contribution < 1.29 is 9.32 Å². The van der Waals surface area contributed by atoms with Crippen LogP contribution in [0, 0.1) is 0 Å². The normalized spacial score (nSPS) is 15.4. The summed E-state index contributed by atoms with van der Waals surface area (Å²) in [7, 11) is 0. The van der Waals surface area contributed by atoms with Crippen molar-refractivity contribution in [2.45, 2.75) is 6.54 Å². The molecule has 6 heteroatoms. The van der Waals surface area contributed by atoms with E-state index in [-0.39, 0.29) is 6.03 Å². The minimum Gasteiger partial charge on any atom is -0.354 e. The van der Waals surface area contributed by atoms with Crippen molar-refractivity contribution in [3.63, 3.8) is 0 Å². The largest absolute Gasteiger partial charge is 0.354 e. The number of hydrogen-bond donors (Lipinski definition) is 1. The van der Waals surface area contributed by atoms with E-state index in [4.69, 9.17) is 4.52 Å². The Bertz CT molecular complexity index is 854. The molecule has 1 fully saturated rings. The van der Waals surface area contributed by atoms with E-state index < -0.39 is 0 Å². The maximum atomic E-state index is 12.5. The molecule has 0 unspecified atom stereocenters. The summed E-state index contributed by atoms with van der Waals surface area (Å²) in [6.07, 6.45) is 0. The fourth-order valence-electron chi connectivity index (χ4n) is 3.11. The van der Waals surface area contributed by atoms with E-state index in [0.717, 1.165) is 25.0 Å². The molecule has 0 aliphatic carbocycles. The number of urea groups is 1. The van der Waals surface area contributed by atoms with Crippen LogP contribution in [0.25, 0.3) is 11.0 Å². The molecule has 0 saturated carbocycles. The molecule has 1 aliphatic heterocycles. The Balaban J connectivity index is 1.33. The second kappa shape index (κ2) is 6.94. The average molecular weight is 336 g/mol. The average Bonchev–Trinajstić information content (AvgIpc) is 3.06. The molecule has 4 rings (SSSR count). The number of carbonyl (C=O) groups is 1. The maximum absolute atomic E-state index is 12.5. The smallest absolute Gasteiger partial charge is 0.323 e. The third kappa shape index (κ3) is 3.49. The first kappa shape index (κ1) is 15.7. The van der Waals surface area contributed by atoms with Crippen LogP contribution in [-0.4, -0.2) is 47.2 Å². The molecule has 1 aliphatic rings. The molecule has 2 aromatic carbocycles. The van der Waals surface area contributed by atoms with Gasteiger partial charge in [0.2, 0.25) is 0 Å². The van der Waals surface area contributed by atoms with Crippen LogP contribution in [0.2, 0.25) is 0 Å². The second-order valence-electron chi connectivity index (χ2n) is 6.21. The number of anilines is 1. The van der Waals surface area contributed by atoms with Crippen LogP contribution in [0.15, 0.2) is 59.1 Å². The predicted octanol–water partition coefficient (Wildman–Crippen LogP) is 3.18. The van der Waals surface area contributed by atoms with Gasteiger partial charge in [0.15, 0.2) is 11.4 Å². The molecule has 2 amide bonds. The minimum absolute atomic E-state index is 0.126. The maximum Gasteiger partial charge on any atom is 0.323 e. The molecule has 128 valence electrons. The van der Waals surface area contributed by atoms with E-state index in [2.05, 4.69) is 39.6 Å². The summed E-state index contributed by atoms with van der Waals surface area (Å²) < 4.78 is 5.23. The van der Waals surface area contributed by atoms with E-state index in [1.54, 1.807) is 0 Å². The molecular formula is C19H20N4O2. The van der Waals surface area contributed by atoms with Crippen LogP contribution in [0.3, 0.4) is 0 Å². The molecule has 1 N–H and O–H groups in total. The molecule has 6 nitrogen and oxygen atoms in total. The van der Waals surface area contributed by atoms with E-state index in [1.165, 1.54) is 5.56 Å². The molecule has 0 bridgehead atoms. The summed E-state index contributed by atoms with van der Waals surface area (Å²) in [5, 5.41) is 7.64. The number of nitrogens with one attached hydrogen (secondary N) is 1. The summed E-state index contributed by atoms with van der Waals surface area (Å²) >= 11 is 0. The van der Waals surface area contributed by atoms with Gasteiger partial charge < -0.3 is 9.42 Å². The van der Waals surface area contributed by atoms with Gasteiger partial charge in [-0.3, -0.25) is 10.2 Å². The first-order valence-corrected chi connectivity index (χ1v) is 8.46. The van der Waals surface area contributed by atoms with Crippen molar-refractivity contribution in [2.75, 3.05) is 31.5 Å². The fourth-order valence-corrected chi connectivity index (χ4v) is 3.11. The van der Waals surface area contributed by atoms with Gasteiger partial charge in [-0.15, -0.1) is 0 Å². The van der Waals surface area contributed by atoms with Gasteiger partial charge in [-0.05, 0) is 17.7 Å². The Morgan fingerprint density at radius 1 is 1.00 bits per heavy atom. The summed E-state index contributed by atoms with van der Waals surface area (Å²) in [5.74, 6) is 0.479. The molecule has 0 atom stereocenters. The van der Waals surface area contributed by atoms with Crippen LogP contribution in [0.4, 0.5) is 10.6 Å². The monoisotopic (exact) mass is 336 g/mol. The zero-order chi connectivity index (χ0) is 17.1. The van der Waals surface area contributed by atoms with E-state index in [9.17, 15) is 4.79 Å². The van der Waals surface area contributed by atoms with Gasteiger partial charge >= 0.3 is 6.03 Å². The lowest BCUT2D eigenvalue weighted by molar-refractivity contribution is 0.143. The van der Waals surface area contributed by atoms with Crippen molar-refractivity contribution in [2.24, 2.45) is 0 Å². The van der Waals surface area contributed by atoms with Crippen molar-refractivity contribution in [3.8, 4) is 0 Å². The first-order valence-electron chi connectivity index (χ1n) is 8.46. The molecule has 0 radical (unpaired) electrons. The van der Waals surface area contributed by atoms with Crippen LogP contribution in [0.1, 0.15) is 5.56 Å². The Kier molecular flexibility index (Phi) is 4.35. The quantitative estimate of drug-likeness (QED) is 0.798. The zero-order valence-electron chi connectivity index (χ0n) is 13.9. The van der Waals surface area contributed by atoms with Crippen molar-refractivity contribution in [1.29, 1.82) is 0 Å². The number of carbonyl (C=O) groups excluding carboxylic acids is 1. The van der Waals surface area contributed by atoms with Gasteiger partial charge in [0.05, 0.1) is 5.39 Å². The topological polar surface area (TPSA) is 61.6 Å². The van der Waals surface area contributed by atoms with Crippen LogP contribution in [-0.2, 0) is 6.54 Å². The summed E-state index contributed by atoms with van der Waals surface area (Å²) in [4.78, 5) is 16.7. The fraction of sp³-hybridized carbons (Fsp3) is 0.263. The molecular weight excluding hydrogens is 316 g/mol. The number of nitrogens with zero attached hydrogens (tertiary/aromatic N) is 3. The highest BCUT2D eigenvalue weighted by atomic mass is 16.5. The first-order chi connectivity index (χ1) is 12.3. The van der Waals surface area contributed by atoms with Crippen molar-refractivity contribution in [1.82, 2.24) is 15.0 Å². The predicted molar refractivity (Wildman–Crippen MR) is 96.3 cm³/mol. The molecule has 1 saturated heterocycles. The number of para-hydroxylation sites is 1. The second-order valence-corrected chi connectivity index (χ2v) is 6.21. The van der Waals surface area contributed by atoms with Gasteiger partial charge in [0.25, 0.3) is 0 Å². The summed E-state index contributed by atoms with van der Waals surface area (Å²) in [5.41, 5.74) is 1.97. The highest BCUT2D eigenvalue weighted by molar-refractivity contribution is 5.98. The zero-order valence-corrected chi connectivity index (χ0v) is 13.9. The number of aromatic nitrogens is 1. The van der Waals surface area contributed by atoms with E-state index in [0.29, 0.717) is 24.5 Å². The number of benzene rings is 2. The summed E-state index contributed by atoms with van der Waals surface area (Å²) in [6, 6.07) is 17.8. The van der Waals surface area contributed by atoms with Gasteiger partial charge in [0.1, 0.15) is 0 Å². The lowest BCUT2D eigenvalue weighted by Crippen LogP contribution is -2.49. The van der Waals surface area contributed by atoms with E-state index in [1.807, 2.05) is 35.2 Å². The van der Waals surface area contributed by atoms with Crippen molar-refractivity contribution in [3.05, 3.63) is 60.2 Å². The number of hydrogen-bond acceptors (Lipinski definition) is 4. The van der Waals surface area contributed by atoms with Gasteiger partial charge in [-0.1, -0.05) is 47.6 Å². The Morgan fingerprint density at radius 3 is 2.52 bits per heavy atom. The number of piperazine rings is 1. The van der Waals surface area contributed by atoms with Crippen LogP contribution < -0.4 is 5.32 Å². The lowest BCUT2D eigenvalue weighted by Gasteiger charge is -2.34. The molecule has 3 aromatic rings. The number of rotatable bonds is 3. The Labute approximate surface area is 146 Å². The Hall–Kier alpha value is -2.86.